The molecule has 0 spiro atoms. The molecule has 0 bridgehead atoms. The largest absolute Gasteiger partial charge is 0.310 e. The summed E-state index contributed by atoms with van der Waals surface area (Å²) in [5, 5.41) is 11.3. The van der Waals surface area contributed by atoms with E-state index < -0.39 is 0 Å². The quantitative estimate of drug-likeness (QED) is 0.302. The molecule has 0 saturated carbocycles. The van der Waals surface area contributed by atoms with Crippen LogP contribution in [0.1, 0.15) is 5.56 Å². The van der Waals surface area contributed by atoms with E-state index in [1.54, 1.807) is 0 Å². The number of anilines is 3. The second-order valence-corrected chi connectivity index (χ2v) is 7.98. The second-order valence-electron chi connectivity index (χ2n) is 6.15. The molecule has 0 aliphatic carbocycles. The Labute approximate surface area is 174 Å². The van der Waals surface area contributed by atoms with E-state index in [1.807, 2.05) is 42.5 Å². The molecule has 0 fully saturated rings. The van der Waals surface area contributed by atoms with Crippen LogP contribution in [0.25, 0.3) is 10.8 Å². The van der Waals surface area contributed by atoms with E-state index in [1.165, 1.54) is 0 Å². The maximum atomic E-state index is 9.12. The van der Waals surface area contributed by atoms with Crippen LogP contribution in [-0.4, -0.2) is 0 Å². The van der Waals surface area contributed by atoms with Crippen molar-refractivity contribution in [2.24, 2.45) is 0 Å². The zero-order valence-electron chi connectivity index (χ0n) is 14.2. The molecular formula is C23H14Br2N2. The number of fused-ring (bicyclic) bond motifs is 1. The Balaban J connectivity index is 1.87. The summed E-state index contributed by atoms with van der Waals surface area (Å²) in [7, 11) is 0. The smallest absolute Gasteiger partial charge is 0.0991 e. The van der Waals surface area contributed by atoms with Crippen molar-refractivity contribution in [2.75, 3.05) is 4.90 Å². The van der Waals surface area contributed by atoms with Gasteiger partial charge < -0.3 is 4.90 Å². The molecule has 0 radical (unpaired) electrons. The van der Waals surface area contributed by atoms with E-state index in [4.69, 9.17) is 5.26 Å². The lowest BCUT2D eigenvalue weighted by Gasteiger charge is -2.26. The van der Waals surface area contributed by atoms with Gasteiger partial charge in [0.05, 0.1) is 11.6 Å². The number of rotatable bonds is 3. The molecule has 0 aliphatic rings. The molecule has 0 aliphatic heterocycles. The lowest BCUT2D eigenvalue weighted by molar-refractivity contribution is 1.28. The van der Waals surface area contributed by atoms with Gasteiger partial charge in [0.15, 0.2) is 0 Å². The van der Waals surface area contributed by atoms with Gasteiger partial charge in [0.25, 0.3) is 0 Å². The number of nitriles is 1. The number of nitrogens with zero attached hydrogens (tertiary/aromatic N) is 2. The summed E-state index contributed by atoms with van der Waals surface area (Å²) in [5.41, 5.74) is 3.90. The third-order valence-electron chi connectivity index (χ3n) is 4.38. The summed E-state index contributed by atoms with van der Waals surface area (Å²) in [4.78, 5) is 2.22. The molecule has 0 heterocycles. The Kier molecular flexibility index (Phi) is 4.98. The first-order valence-corrected chi connectivity index (χ1v) is 9.98. The monoisotopic (exact) mass is 476 g/mol. The third-order valence-corrected chi connectivity index (χ3v) is 5.44. The van der Waals surface area contributed by atoms with Crippen LogP contribution in [0.4, 0.5) is 17.1 Å². The molecule has 130 valence electrons. The fourth-order valence-electron chi connectivity index (χ4n) is 3.07. The second kappa shape index (κ2) is 7.56. The van der Waals surface area contributed by atoms with Crippen molar-refractivity contribution in [3.63, 3.8) is 0 Å². The van der Waals surface area contributed by atoms with E-state index in [0.717, 1.165) is 36.8 Å². The van der Waals surface area contributed by atoms with Crippen molar-refractivity contribution in [3.05, 3.63) is 99.4 Å². The van der Waals surface area contributed by atoms with Crippen molar-refractivity contribution in [1.29, 1.82) is 5.26 Å². The summed E-state index contributed by atoms with van der Waals surface area (Å²) in [6.07, 6.45) is 0. The average molecular weight is 478 g/mol. The van der Waals surface area contributed by atoms with Crippen LogP contribution in [0.5, 0.6) is 0 Å². The molecule has 27 heavy (non-hydrogen) atoms. The van der Waals surface area contributed by atoms with Gasteiger partial charge in [0, 0.05) is 26.0 Å². The normalized spacial score (nSPS) is 10.6. The minimum atomic E-state index is 0.674. The SMILES string of the molecule is N#Cc1ccc2cc(N(c3ccc(Br)cc3)c3ccc(Br)cc3)ccc2c1. The van der Waals surface area contributed by atoms with Crippen LogP contribution in [0, 0.1) is 11.3 Å². The maximum Gasteiger partial charge on any atom is 0.0991 e. The Morgan fingerprint density at radius 2 is 1.07 bits per heavy atom. The van der Waals surface area contributed by atoms with Gasteiger partial charge in [-0.25, -0.2) is 0 Å². The highest BCUT2D eigenvalue weighted by Gasteiger charge is 2.13. The van der Waals surface area contributed by atoms with Gasteiger partial charge in [0.1, 0.15) is 0 Å². The molecule has 4 rings (SSSR count). The maximum absolute atomic E-state index is 9.12. The highest BCUT2D eigenvalue weighted by atomic mass is 79.9. The molecule has 4 aromatic rings. The van der Waals surface area contributed by atoms with Crippen LogP contribution in [0.15, 0.2) is 93.9 Å². The molecule has 0 aromatic heterocycles. The van der Waals surface area contributed by atoms with Gasteiger partial charge in [-0.1, -0.05) is 44.0 Å². The van der Waals surface area contributed by atoms with E-state index in [9.17, 15) is 0 Å². The molecule has 0 saturated heterocycles. The van der Waals surface area contributed by atoms with Crippen LogP contribution in [-0.2, 0) is 0 Å². The topological polar surface area (TPSA) is 27.0 Å². The average Bonchev–Trinajstić information content (AvgIpc) is 2.70. The number of benzene rings is 4. The van der Waals surface area contributed by atoms with Crippen LogP contribution >= 0.6 is 31.9 Å². The minimum Gasteiger partial charge on any atom is -0.310 e. The molecule has 4 heteroatoms. The first kappa shape index (κ1) is 17.8. The van der Waals surface area contributed by atoms with Gasteiger partial charge in [-0.15, -0.1) is 0 Å². The van der Waals surface area contributed by atoms with Crippen molar-refractivity contribution < 1.29 is 0 Å². The van der Waals surface area contributed by atoms with E-state index in [0.29, 0.717) is 5.56 Å². The first-order valence-electron chi connectivity index (χ1n) is 8.39. The molecule has 4 aromatic carbocycles. The lowest BCUT2D eigenvalue weighted by Crippen LogP contribution is -2.09. The van der Waals surface area contributed by atoms with Crippen molar-refractivity contribution in [2.45, 2.75) is 0 Å². The first-order chi connectivity index (χ1) is 13.1. The molecule has 0 unspecified atom stereocenters. The highest BCUT2D eigenvalue weighted by molar-refractivity contribution is 9.10. The van der Waals surface area contributed by atoms with Crippen LogP contribution < -0.4 is 4.90 Å². The fourth-order valence-corrected chi connectivity index (χ4v) is 3.60. The van der Waals surface area contributed by atoms with Crippen LogP contribution in [0.2, 0.25) is 0 Å². The van der Waals surface area contributed by atoms with Crippen LogP contribution in [0.3, 0.4) is 0 Å². The molecule has 0 amide bonds. The van der Waals surface area contributed by atoms with Crippen molar-refractivity contribution in [1.82, 2.24) is 0 Å². The fraction of sp³-hybridized carbons (Fsp3) is 0. The zero-order valence-corrected chi connectivity index (χ0v) is 17.4. The van der Waals surface area contributed by atoms with Gasteiger partial charge in [0.2, 0.25) is 0 Å². The minimum absolute atomic E-state index is 0.674. The molecular weight excluding hydrogens is 464 g/mol. The summed E-state index contributed by atoms with van der Waals surface area (Å²) < 4.78 is 2.09. The Hall–Kier alpha value is -2.61. The van der Waals surface area contributed by atoms with Gasteiger partial charge in [-0.3, -0.25) is 0 Å². The summed E-state index contributed by atoms with van der Waals surface area (Å²) in [6, 6.07) is 30.8. The summed E-state index contributed by atoms with van der Waals surface area (Å²) in [5.74, 6) is 0. The summed E-state index contributed by atoms with van der Waals surface area (Å²) in [6.45, 7) is 0. The number of halogens is 2. The van der Waals surface area contributed by atoms with Gasteiger partial charge >= 0.3 is 0 Å². The predicted molar refractivity (Wildman–Crippen MR) is 119 cm³/mol. The summed E-state index contributed by atoms with van der Waals surface area (Å²) >= 11 is 7.02. The number of hydrogen-bond donors (Lipinski definition) is 0. The zero-order chi connectivity index (χ0) is 18.8. The molecule has 0 N–H and O–H groups in total. The van der Waals surface area contributed by atoms with Crippen molar-refractivity contribution in [3.8, 4) is 6.07 Å². The van der Waals surface area contributed by atoms with Gasteiger partial charge in [-0.2, -0.15) is 5.26 Å². The Morgan fingerprint density at radius 1 is 0.593 bits per heavy atom. The Bertz CT molecular complexity index is 1100. The Morgan fingerprint density at radius 3 is 1.63 bits per heavy atom. The predicted octanol–water partition coefficient (Wildman–Crippen LogP) is 7.71. The van der Waals surface area contributed by atoms with Gasteiger partial charge in [-0.05, 0) is 83.6 Å². The van der Waals surface area contributed by atoms with E-state index in [-0.39, 0.29) is 0 Å². The third kappa shape index (κ3) is 3.75. The standard InChI is InChI=1S/C23H14Br2N2/c24-19-4-9-21(10-5-19)27(22-11-6-20(25)7-12-22)23-8-3-17-13-16(15-26)1-2-18(17)14-23/h1-14H. The molecule has 0 atom stereocenters. The van der Waals surface area contributed by atoms with E-state index in [2.05, 4.69) is 85.3 Å². The van der Waals surface area contributed by atoms with Crippen molar-refractivity contribution >= 4 is 59.7 Å². The number of hydrogen-bond acceptors (Lipinski definition) is 2. The lowest BCUT2D eigenvalue weighted by atomic mass is 10.1. The van der Waals surface area contributed by atoms with E-state index >= 15 is 0 Å². The molecule has 2 nitrogen and oxygen atoms in total. The highest BCUT2D eigenvalue weighted by Crippen LogP contribution is 2.37.